The van der Waals surface area contributed by atoms with Gasteiger partial charge < -0.3 is 0 Å². The Bertz CT molecular complexity index is 621. The summed E-state index contributed by atoms with van der Waals surface area (Å²) in [5.74, 6) is 0.119. The summed E-state index contributed by atoms with van der Waals surface area (Å²) >= 11 is 0. The van der Waals surface area contributed by atoms with Gasteiger partial charge >= 0.3 is 0 Å². The van der Waals surface area contributed by atoms with Crippen molar-refractivity contribution in [1.82, 2.24) is 0 Å². The smallest absolute Gasteiger partial charge is 0.193 e. The van der Waals surface area contributed by atoms with Crippen LogP contribution in [-0.2, 0) is 6.42 Å². The molecule has 0 radical (unpaired) electrons. The summed E-state index contributed by atoms with van der Waals surface area (Å²) in [5, 5.41) is 0. The Labute approximate surface area is 121 Å². The first-order valence-electron chi connectivity index (χ1n) is 7.24. The fourth-order valence-corrected chi connectivity index (χ4v) is 2.47. The van der Waals surface area contributed by atoms with Crippen molar-refractivity contribution in [3.8, 4) is 0 Å². The average Bonchev–Trinajstić information content (AvgIpc) is 2.43. The molecule has 0 aromatic heterocycles. The number of aryl methyl sites for hydroxylation is 4. The molecule has 2 aromatic rings. The second-order valence-corrected chi connectivity index (χ2v) is 5.53. The highest BCUT2D eigenvalue weighted by atomic mass is 16.1. The van der Waals surface area contributed by atoms with Gasteiger partial charge in [-0.25, -0.2) is 0 Å². The zero-order valence-corrected chi connectivity index (χ0v) is 12.8. The van der Waals surface area contributed by atoms with Crippen molar-refractivity contribution in [1.29, 1.82) is 0 Å². The largest absolute Gasteiger partial charge is 0.289 e. The maximum absolute atomic E-state index is 12.6. The number of hydrogen-bond donors (Lipinski definition) is 0. The number of ketones is 1. The molecule has 20 heavy (non-hydrogen) atoms. The van der Waals surface area contributed by atoms with E-state index in [4.69, 9.17) is 0 Å². The van der Waals surface area contributed by atoms with Crippen molar-refractivity contribution in [2.45, 2.75) is 40.5 Å². The minimum Gasteiger partial charge on any atom is -0.289 e. The van der Waals surface area contributed by atoms with Crippen molar-refractivity contribution in [3.63, 3.8) is 0 Å². The van der Waals surface area contributed by atoms with Gasteiger partial charge in [0.15, 0.2) is 5.78 Å². The second kappa shape index (κ2) is 6.04. The molecule has 0 aliphatic rings. The van der Waals surface area contributed by atoms with Crippen LogP contribution in [0.25, 0.3) is 0 Å². The van der Waals surface area contributed by atoms with Crippen LogP contribution < -0.4 is 0 Å². The molecule has 0 amide bonds. The Balaban J connectivity index is 2.33. The van der Waals surface area contributed by atoms with E-state index < -0.39 is 0 Å². The van der Waals surface area contributed by atoms with Crippen molar-refractivity contribution < 1.29 is 4.79 Å². The van der Waals surface area contributed by atoms with Gasteiger partial charge in [0.1, 0.15) is 0 Å². The number of hydrogen-bond acceptors (Lipinski definition) is 1. The second-order valence-electron chi connectivity index (χ2n) is 5.53. The molecular weight excluding hydrogens is 244 g/mol. The molecule has 0 heterocycles. The molecule has 0 bridgehead atoms. The molecule has 2 aromatic carbocycles. The van der Waals surface area contributed by atoms with Crippen LogP contribution in [0.1, 0.15) is 51.5 Å². The van der Waals surface area contributed by atoms with Crippen LogP contribution in [0.15, 0.2) is 36.4 Å². The summed E-state index contributed by atoms with van der Waals surface area (Å²) in [5.41, 5.74) is 6.34. The average molecular weight is 266 g/mol. The van der Waals surface area contributed by atoms with E-state index in [-0.39, 0.29) is 5.78 Å². The number of benzene rings is 2. The monoisotopic (exact) mass is 266 g/mol. The normalized spacial score (nSPS) is 10.6. The Morgan fingerprint density at radius 3 is 2.10 bits per heavy atom. The summed E-state index contributed by atoms with van der Waals surface area (Å²) in [6.07, 6.45) is 2.20. The Morgan fingerprint density at radius 2 is 1.50 bits per heavy atom. The van der Waals surface area contributed by atoms with Crippen LogP contribution in [0, 0.1) is 20.8 Å². The van der Waals surface area contributed by atoms with Crippen LogP contribution in [0.4, 0.5) is 0 Å². The molecule has 0 atom stereocenters. The van der Waals surface area contributed by atoms with Crippen LogP contribution in [0.5, 0.6) is 0 Å². The van der Waals surface area contributed by atoms with Gasteiger partial charge in [0, 0.05) is 11.1 Å². The predicted octanol–water partition coefficient (Wildman–Crippen LogP) is 4.80. The highest BCUT2D eigenvalue weighted by molar-refractivity contribution is 6.10. The highest BCUT2D eigenvalue weighted by Crippen LogP contribution is 2.19. The molecule has 0 aliphatic heterocycles. The number of carbonyl (C=O) groups excluding carboxylic acids is 1. The third-order valence-electron chi connectivity index (χ3n) is 3.84. The molecule has 0 spiro atoms. The lowest BCUT2D eigenvalue weighted by molar-refractivity contribution is 0.103. The maximum Gasteiger partial charge on any atom is 0.193 e. The molecule has 0 saturated carbocycles. The van der Waals surface area contributed by atoms with Crippen LogP contribution in [0.2, 0.25) is 0 Å². The van der Waals surface area contributed by atoms with E-state index in [0.29, 0.717) is 0 Å². The molecule has 0 fully saturated rings. The van der Waals surface area contributed by atoms with Gasteiger partial charge in [-0.05, 0) is 55.5 Å². The zero-order valence-electron chi connectivity index (χ0n) is 12.8. The fourth-order valence-electron chi connectivity index (χ4n) is 2.47. The van der Waals surface area contributed by atoms with Crippen molar-refractivity contribution in [2.75, 3.05) is 0 Å². The summed E-state index contributed by atoms with van der Waals surface area (Å²) in [7, 11) is 0. The lowest BCUT2D eigenvalue weighted by atomic mass is 9.94. The van der Waals surface area contributed by atoms with Crippen LogP contribution >= 0.6 is 0 Å². The van der Waals surface area contributed by atoms with Crippen LogP contribution in [0.3, 0.4) is 0 Å². The maximum atomic E-state index is 12.6. The molecular formula is C19H22O. The zero-order chi connectivity index (χ0) is 14.7. The quantitative estimate of drug-likeness (QED) is 0.727. The molecule has 1 nitrogen and oxygen atoms in total. The number of rotatable bonds is 4. The number of carbonyl (C=O) groups is 1. The first-order chi connectivity index (χ1) is 9.52. The third kappa shape index (κ3) is 2.98. The first kappa shape index (κ1) is 14.5. The summed E-state index contributed by atoms with van der Waals surface area (Å²) in [6, 6.07) is 12.1. The molecule has 104 valence electrons. The van der Waals surface area contributed by atoms with Crippen molar-refractivity contribution in [2.24, 2.45) is 0 Å². The van der Waals surface area contributed by atoms with E-state index >= 15 is 0 Å². The Morgan fingerprint density at radius 1 is 0.900 bits per heavy atom. The minimum absolute atomic E-state index is 0.119. The molecule has 0 unspecified atom stereocenters. The summed E-state index contributed by atoms with van der Waals surface area (Å²) in [6.45, 7) is 8.30. The molecule has 0 N–H and O–H groups in total. The Kier molecular flexibility index (Phi) is 4.39. The van der Waals surface area contributed by atoms with Gasteiger partial charge in [-0.1, -0.05) is 43.7 Å². The van der Waals surface area contributed by atoms with Gasteiger partial charge in [-0.2, -0.15) is 0 Å². The van der Waals surface area contributed by atoms with E-state index in [2.05, 4.69) is 39.0 Å². The first-order valence-corrected chi connectivity index (χ1v) is 7.24. The lowest BCUT2D eigenvalue weighted by Crippen LogP contribution is -2.05. The van der Waals surface area contributed by atoms with Crippen molar-refractivity contribution >= 4 is 5.78 Å². The third-order valence-corrected chi connectivity index (χ3v) is 3.84. The van der Waals surface area contributed by atoms with E-state index in [1.54, 1.807) is 0 Å². The van der Waals surface area contributed by atoms with Gasteiger partial charge in [0.2, 0.25) is 0 Å². The fraction of sp³-hybridized carbons (Fsp3) is 0.316. The SMILES string of the molecule is CCCc1ccc(C(=O)c2cc(C)c(C)cc2C)cc1. The topological polar surface area (TPSA) is 17.1 Å². The molecule has 0 aliphatic carbocycles. The molecule has 0 saturated heterocycles. The lowest BCUT2D eigenvalue weighted by Gasteiger charge is -2.09. The minimum atomic E-state index is 0.119. The van der Waals surface area contributed by atoms with Crippen LogP contribution in [-0.4, -0.2) is 5.78 Å². The molecule has 1 heteroatoms. The summed E-state index contributed by atoms with van der Waals surface area (Å²) in [4.78, 5) is 12.6. The van der Waals surface area contributed by atoms with Crippen molar-refractivity contribution in [3.05, 3.63) is 69.8 Å². The highest BCUT2D eigenvalue weighted by Gasteiger charge is 2.12. The predicted molar refractivity (Wildman–Crippen MR) is 84.5 cm³/mol. The molecule has 2 rings (SSSR count). The van der Waals surface area contributed by atoms with E-state index in [1.165, 1.54) is 16.7 Å². The van der Waals surface area contributed by atoms with Gasteiger partial charge in [-0.15, -0.1) is 0 Å². The van der Waals surface area contributed by atoms with E-state index in [0.717, 1.165) is 29.5 Å². The van der Waals surface area contributed by atoms with Gasteiger partial charge in [0.05, 0.1) is 0 Å². The Hall–Kier alpha value is -1.89. The van der Waals surface area contributed by atoms with Gasteiger partial charge in [-0.3, -0.25) is 4.79 Å². The van der Waals surface area contributed by atoms with E-state index in [1.807, 2.05) is 25.1 Å². The summed E-state index contributed by atoms with van der Waals surface area (Å²) < 4.78 is 0. The standard InChI is InChI=1S/C19H22O/c1-5-6-16-7-9-17(10-8-16)19(20)18-12-14(3)13(2)11-15(18)4/h7-12H,5-6H2,1-4H3. The van der Waals surface area contributed by atoms with Gasteiger partial charge in [0.25, 0.3) is 0 Å². The van der Waals surface area contributed by atoms with E-state index in [9.17, 15) is 4.79 Å².